The van der Waals surface area contributed by atoms with E-state index in [9.17, 15) is 19.5 Å². The molecule has 0 aliphatic carbocycles. The van der Waals surface area contributed by atoms with Gasteiger partial charge in [-0.2, -0.15) is 0 Å². The second-order valence-corrected chi connectivity index (χ2v) is 7.63. The number of rotatable bonds is 8. The van der Waals surface area contributed by atoms with Gasteiger partial charge in [-0.3, -0.25) is 14.4 Å². The highest BCUT2D eigenvalue weighted by molar-refractivity contribution is 6.03. The van der Waals surface area contributed by atoms with E-state index in [4.69, 9.17) is 9.84 Å². The van der Waals surface area contributed by atoms with Crippen molar-refractivity contribution >= 4 is 22.8 Å². The van der Waals surface area contributed by atoms with Crippen molar-refractivity contribution < 1.29 is 24.5 Å². The molecule has 3 N–H and O–H groups in total. The Bertz CT molecular complexity index is 1400. The second kappa shape index (κ2) is 9.91. The molecule has 0 spiro atoms. The number of hydrogen-bond donors (Lipinski definition) is 3. The van der Waals surface area contributed by atoms with E-state index in [2.05, 4.69) is 5.32 Å². The summed E-state index contributed by atoms with van der Waals surface area (Å²) in [6, 6.07) is 23.6. The predicted octanol–water partition coefficient (Wildman–Crippen LogP) is 3.15. The Morgan fingerprint density at radius 2 is 1.56 bits per heavy atom. The molecule has 172 valence electrons. The van der Waals surface area contributed by atoms with Crippen molar-refractivity contribution in [1.82, 2.24) is 9.88 Å². The highest BCUT2D eigenvalue weighted by Gasteiger charge is 2.23. The third-order valence-corrected chi connectivity index (χ3v) is 5.27. The van der Waals surface area contributed by atoms with E-state index < -0.39 is 35.3 Å². The molecule has 0 unspecified atom stereocenters. The lowest BCUT2D eigenvalue weighted by molar-refractivity contribution is -0.135. The Hall–Kier alpha value is -4.59. The molecule has 0 aliphatic heterocycles. The summed E-state index contributed by atoms with van der Waals surface area (Å²) in [4.78, 5) is 36.8. The van der Waals surface area contributed by atoms with Crippen LogP contribution in [0.3, 0.4) is 0 Å². The first-order valence-electron chi connectivity index (χ1n) is 10.5. The van der Waals surface area contributed by atoms with E-state index in [-0.39, 0.29) is 11.9 Å². The summed E-state index contributed by atoms with van der Waals surface area (Å²) in [6.07, 6.45) is 0. The molecule has 0 atom stereocenters. The van der Waals surface area contributed by atoms with E-state index in [0.29, 0.717) is 17.9 Å². The van der Waals surface area contributed by atoms with Crippen LogP contribution >= 0.6 is 0 Å². The van der Waals surface area contributed by atoms with Gasteiger partial charge >= 0.3 is 5.97 Å². The van der Waals surface area contributed by atoms with Gasteiger partial charge in [0.05, 0.1) is 12.1 Å². The molecule has 1 aromatic heterocycles. The van der Waals surface area contributed by atoms with E-state index in [1.807, 2.05) is 60.7 Å². The average Bonchev–Trinajstić information content (AvgIpc) is 2.85. The summed E-state index contributed by atoms with van der Waals surface area (Å²) >= 11 is 0. The van der Waals surface area contributed by atoms with Gasteiger partial charge in [0.25, 0.3) is 11.5 Å². The number of hydrogen-bond acceptors (Lipinski definition) is 5. The zero-order chi connectivity index (χ0) is 24.1. The number of aromatic nitrogens is 1. The lowest BCUT2D eigenvalue weighted by atomic mass is 10.1. The van der Waals surface area contributed by atoms with Crippen LogP contribution in [0.15, 0.2) is 83.7 Å². The minimum absolute atomic E-state index is 0.137. The molecule has 0 saturated heterocycles. The van der Waals surface area contributed by atoms with Crippen LogP contribution in [0.1, 0.15) is 21.5 Å². The minimum atomic E-state index is -1.27. The molecule has 8 nitrogen and oxygen atoms in total. The van der Waals surface area contributed by atoms with Crippen molar-refractivity contribution in [2.75, 3.05) is 6.54 Å². The first kappa shape index (κ1) is 22.6. The topological polar surface area (TPSA) is 118 Å². The van der Waals surface area contributed by atoms with Crippen molar-refractivity contribution in [3.8, 4) is 11.5 Å². The van der Waals surface area contributed by atoms with Gasteiger partial charge in [0.1, 0.15) is 30.2 Å². The molecule has 0 fully saturated rings. The number of benzene rings is 3. The van der Waals surface area contributed by atoms with E-state index in [0.717, 1.165) is 11.1 Å². The Balaban J connectivity index is 1.80. The molecule has 0 aliphatic rings. The number of nitrogens with one attached hydrogen (secondary N) is 1. The predicted molar refractivity (Wildman–Crippen MR) is 126 cm³/mol. The normalized spacial score (nSPS) is 10.7. The van der Waals surface area contributed by atoms with Gasteiger partial charge in [0.15, 0.2) is 0 Å². The van der Waals surface area contributed by atoms with Crippen LogP contribution < -0.4 is 15.6 Å². The summed E-state index contributed by atoms with van der Waals surface area (Å²) in [7, 11) is 0. The molecular formula is C26H22N2O6. The number of nitrogens with zero attached hydrogens (tertiary/aromatic N) is 1. The Morgan fingerprint density at radius 3 is 2.21 bits per heavy atom. The molecule has 4 aromatic rings. The SMILES string of the molecule is O=C(O)CNC(=O)c1c(O)c2ccc(OCc3ccccc3)cc2n(Cc2ccccc2)c1=O. The molecule has 1 amide bonds. The molecule has 34 heavy (non-hydrogen) atoms. The van der Waals surface area contributed by atoms with Gasteiger partial charge in [0, 0.05) is 11.5 Å². The van der Waals surface area contributed by atoms with Gasteiger partial charge in [-0.25, -0.2) is 0 Å². The van der Waals surface area contributed by atoms with Gasteiger partial charge in [-0.05, 0) is 23.3 Å². The highest BCUT2D eigenvalue weighted by Crippen LogP contribution is 2.30. The van der Waals surface area contributed by atoms with Crippen LogP contribution in [0.2, 0.25) is 0 Å². The van der Waals surface area contributed by atoms with Gasteiger partial charge in [-0.15, -0.1) is 0 Å². The summed E-state index contributed by atoms with van der Waals surface area (Å²) in [5.74, 6) is -2.25. The average molecular weight is 458 g/mol. The molecule has 0 saturated carbocycles. The minimum Gasteiger partial charge on any atom is -0.506 e. The first-order valence-corrected chi connectivity index (χ1v) is 10.5. The lowest BCUT2D eigenvalue weighted by Gasteiger charge is -2.16. The van der Waals surface area contributed by atoms with Crippen LogP contribution in [0.5, 0.6) is 11.5 Å². The largest absolute Gasteiger partial charge is 0.506 e. The molecular weight excluding hydrogens is 436 g/mol. The molecule has 1 heterocycles. The maximum atomic E-state index is 13.3. The van der Waals surface area contributed by atoms with Crippen LogP contribution in [0.4, 0.5) is 0 Å². The fourth-order valence-electron chi connectivity index (χ4n) is 3.62. The number of fused-ring (bicyclic) bond motifs is 1. The second-order valence-electron chi connectivity index (χ2n) is 7.63. The fraction of sp³-hybridized carbons (Fsp3) is 0.115. The van der Waals surface area contributed by atoms with Crippen LogP contribution in [0, 0.1) is 0 Å². The number of ether oxygens (including phenoxy) is 1. The quantitative estimate of drug-likeness (QED) is 0.373. The number of carboxylic acid groups (broad SMARTS) is 1. The molecule has 8 heteroatoms. The Kier molecular flexibility index (Phi) is 6.59. The van der Waals surface area contributed by atoms with Gasteiger partial charge in [-0.1, -0.05) is 60.7 Å². The maximum absolute atomic E-state index is 13.3. The Labute approximate surface area is 194 Å². The van der Waals surface area contributed by atoms with Crippen molar-refractivity contribution in [1.29, 1.82) is 0 Å². The van der Waals surface area contributed by atoms with Gasteiger partial charge < -0.3 is 24.8 Å². The third kappa shape index (κ3) is 4.91. The number of carboxylic acids is 1. The first-order chi connectivity index (χ1) is 16.4. The van der Waals surface area contributed by atoms with Crippen molar-refractivity contribution in [3.05, 3.63) is 106 Å². The third-order valence-electron chi connectivity index (χ3n) is 5.27. The van der Waals surface area contributed by atoms with E-state index >= 15 is 0 Å². The van der Waals surface area contributed by atoms with Crippen molar-refractivity contribution in [3.63, 3.8) is 0 Å². The zero-order valence-electron chi connectivity index (χ0n) is 18.1. The maximum Gasteiger partial charge on any atom is 0.322 e. The van der Waals surface area contributed by atoms with E-state index in [1.54, 1.807) is 18.2 Å². The Morgan fingerprint density at radius 1 is 0.912 bits per heavy atom. The van der Waals surface area contributed by atoms with E-state index in [1.165, 1.54) is 4.57 Å². The standard InChI is InChI=1S/C26H22N2O6/c29-22(30)14-27-25(32)23-24(31)20-12-11-19(34-16-18-9-5-2-6-10-18)13-21(20)28(26(23)33)15-17-7-3-1-4-8-17/h1-13,31H,14-16H2,(H,27,32)(H,29,30). The summed E-state index contributed by atoms with van der Waals surface area (Å²) in [5.41, 5.74) is 0.910. The fourth-order valence-corrected chi connectivity index (χ4v) is 3.62. The number of carbonyl (C=O) groups is 2. The number of carbonyl (C=O) groups excluding carboxylic acids is 1. The lowest BCUT2D eigenvalue weighted by Crippen LogP contribution is -2.36. The molecule has 0 radical (unpaired) electrons. The van der Waals surface area contributed by atoms with Crippen molar-refractivity contribution in [2.45, 2.75) is 13.2 Å². The molecule has 3 aromatic carbocycles. The number of aliphatic carboxylic acids is 1. The van der Waals surface area contributed by atoms with Gasteiger partial charge in [0.2, 0.25) is 0 Å². The molecule has 4 rings (SSSR count). The number of pyridine rings is 1. The van der Waals surface area contributed by atoms with Crippen LogP contribution in [-0.2, 0) is 17.9 Å². The van der Waals surface area contributed by atoms with Crippen molar-refractivity contribution in [2.24, 2.45) is 0 Å². The number of amides is 1. The molecule has 0 bridgehead atoms. The monoisotopic (exact) mass is 458 g/mol. The summed E-state index contributed by atoms with van der Waals surface area (Å²) in [6.45, 7) is -0.227. The summed E-state index contributed by atoms with van der Waals surface area (Å²) in [5, 5.41) is 22.1. The summed E-state index contributed by atoms with van der Waals surface area (Å²) < 4.78 is 7.26. The highest BCUT2D eigenvalue weighted by atomic mass is 16.5. The smallest absolute Gasteiger partial charge is 0.322 e. The van der Waals surface area contributed by atoms with Crippen LogP contribution in [0.25, 0.3) is 10.9 Å². The van der Waals surface area contributed by atoms with Crippen LogP contribution in [-0.4, -0.2) is 33.2 Å². The zero-order valence-corrected chi connectivity index (χ0v) is 18.1. The number of aromatic hydroxyl groups is 1.